The summed E-state index contributed by atoms with van der Waals surface area (Å²) in [5, 5.41) is 2.05. The largest absolute Gasteiger partial charge is 0.497 e. The number of methoxy groups -OCH3 is 2. The number of terminal acetylenes is 1. The van der Waals surface area contributed by atoms with Crippen molar-refractivity contribution in [3.8, 4) is 23.8 Å². The van der Waals surface area contributed by atoms with Crippen LogP contribution in [0.15, 0.2) is 18.2 Å². The maximum absolute atomic E-state index is 5.17. The van der Waals surface area contributed by atoms with Crippen molar-refractivity contribution < 1.29 is 14.8 Å². The van der Waals surface area contributed by atoms with Crippen molar-refractivity contribution >= 4 is 0 Å². The summed E-state index contributed by atoms with van der Waals surface area (Å²) in [6.45, 7) is 1.51. The highest BCUT2D eigenvalue weighted by Crippen LogP contribution is 2.21. The van der Waals surface area contributed by atoms with E-state index in [2.05, 4.69) is 5.92 Å². The van der Waals surface area contributed by atoms with Crippen molar-refractivity contribution in [1.82, 2.24) is 0 Å². The molecular weight excluding hydrogens is 190 g/mol. The van der Waals surface area contributed by atoms with Gasteiger partial charge in [0.1, 0.15) is 24.6 Å². The normalized spacial score (nSPS) is 9.40. The lowest BCUT2D eigenvalue weighted by Gasteiger charge is -2.07. The van der Waals surface area contributed by atoms with Crippen molar-refractivity contribution in [3.05, 3.63) is 23.8 Å². The van der Waals surface area contributed by atoms with Gasteiger partial charge in [-0.15, -0.1) is 6.42 Å². The van der Waals surface area contributed by atoms with Gasteiger partial charge in [0.25, 0.3) is 0 Å². The molecule has 3 heteroatoms. The van der Waals surface area contributed by atoms with Crippen molar-refractivity contribution in [3.63, 3.8) is 0 Å². The molecule has 2 N–H and O–H groups in total. The van der Waals surface area contributed by atoms with E-state index in [0.29, 0.717) is 6.54 Å². The molecule has 0 aromatic heterocycles. The SMILES string of the molecule is C#CC[NH2+]Cc1cc(OC)cc(OC)c1. The Morgan fingerprint density at radius 1 is 1.20 bits per heavy atom. The topological polar surface area (TPSA) is 35.1 Å². The number of quaternary nitrogens is 1. The molecule has 1 rings (SSSR count). The van der Waals surface area contributed by atoms with Gasteiger partial charge in [0, 0.05) is 11.6 Å². The van der Waals surface area contributed by atoms with Crippen LogP contribution in [-0.2, 0) is 6.54 Å². The molecule has 1 aromatic rings. The molecule has 15 heavy (non-hydrogen) atoms. The van der Waals surface area contributed by atoms with E-state index in [-0.39, 0.29) is 0 Å². The maximum Gasteiger partial charge on any atom is 0.137 e. The first kappa shape index (κ1) is 11.4. The number of nitrogens with two attached hydrogens (primary N) is 1. The van der Waals surface area contributed by atoms with Gasteiger partial charge in [-0.05, 0) is 18.1 Å². The highest BCUT2D eigenvalue weighted by Gasteiger charge is 2.02. The van der Waals surface area contributed by atoms with Crippen LogP contribution >= 0.6 is 0 Å². The quantitative estimate of drug-likeness (QED) is 0.559. The summed E-state index contributed by atoms with van der Waals surface area (Å²) >= 11 is 0. The first-order chi connectivity index (χ1) is 7.30. The molecule has 80 valence electrons. The summed E-state index contributed by atoms with van der Waals surface area (Å²) in [7, 11) is 3.29. The molecule has 0 amide bonds. The zero-order valence-corrected chi connectivity index (χ0v) is 9.12. The smallest absolute Gasteiger partial charge is 0.137 e. The second-order valence-corrected chi connectivity index (χ2v) is 3.12. The lowest BCUT2D eigenvalue weighted by Crippen LogP contribution is -2.82. The minimum atomic E-state index is 0.680. The molecule has 0 saturated heterocycles. The van der Waals surface area contributed by atoms with Crippen molar-refractivity contribution in [2.24, 2.45) is 0 Å². The molecule has 0 aliphatic rings. The molecule has 0 fully saturated rings. The molecule has 0 bridgehead atoms. The third-order valence-corrected chi connectivity index (χ3v) is 2.05. The van der Waals surface area contributed by atoms with Gasteiger partial charge in [-0.1, -0.05) is 0 Å². The Balaban J connectivity index is 2.74. The Kier molecular flexibility index (Phi) is 4.52. The van der Waals surface area contributed by atoms with Gasteiger partial charge >= 0.3 is 0 Å². The Bertz CT molecular complexity index is 333. The summed E-state index contributed by atoms with van der Waals surface area (Å²) in [4.78, 5) is 0. The van der Waals surface area contributed by atoms with Crippen LogP contribution in [-0.4, -0.2) is 20.8 Å². The molecule has 0 heterocycles. The standard InChI is InChI=1S/C12H15NO2/c1-4-5-13-9-10-6-11(14-2)8-12(7-10)15-3/h1,6-8,13H,5,9H2,2-3H3/p+1. The molecule has 0 aliphatic carbocycles. The number of benzene rings is 1. The first-order valence-corrected chi connectivity index (χ1v) is 4.77. The first-order valence-electron chi connectivity index (χ1n) is 4.77. The maximum atomic E-state index is 5.17. The second kappa shape index (κ2) is 5.94. The average molecular weight is 206 g/mol. The second-order valence-electron chi connectivity index (χ2n) is 3.12. The molecule has 3 nitrogen and oxygen atoms in total. The van der Waals surface area contributed by atoms with Gasteiger partial charge in [0.05, 0.1) is 14.2 Å². The summed E-state index contributed by atoms with van der Waals surface area (Å²) in [5.74, 6) is 4.19. The van der Waals surface area contributed by atoms with Gasteiger partial charge in [0.15, 0.2) is 0 Å². The van der Waals surface area contributed by atoms with E-state index in [1.807, 2.05) is 23.5 Å². The van der Waals surface area contributed by atoms with Gasteiger partial charge in [-0.3, -0.25) is 0 Å². The Labute approximate surface area is 90.4 Å². The zero-order chi connectivity index (χ0) is 11.1. The van der Waals surface area contributed by atoms with Crippen molar-refractivity contribution in [1.29, 1.82) is 0 Å². The summed E-state index contributed by atoms with van der Waals surface area (Å²) in [6.07, 6.45) is 5.17. The Hall–Kier alpha value is -1.66. The van der Waals surface area contributed by atoms with Crippen molar-refractivity contribution in [2.75, 3.05) is 20.8 Å². The van der Waals surface area contributed by atoms with Gasteiger partial charge in [-0.25, -0.2) is 0 Å². The summed E-state index contributed by atoms with van der Waals surface area (Å²) in [5.41, 5.74) is 1.14. The van der Waals surface area contributed by atoms with Crippen LogP contribution in [0, 0.1) is 12.3 Å². The molecular formula is C12H16NO2+. The molecule has 0 saturated carbocycles. The predicted octanol–water partition coefficient (Wildman–Crippen LogP) is 0.400. The monoisotopic (exact) mass is 206 g/mol. The highest BCUT2D eigenvalue weighted by molar-refractivity contribution is 5.37. The molecule has 0 aliphatic heterocycles. The van der Waals surface area contributed by atoms with Crippen LogP contribution in [0.3, 0.4) is 0 Å². The van der Waals surface area contributed by atoms with E-state index < -0.39 is 0 Å². The molecule has 0 unspecified atom stereocenters. The minimum Gasteiger partial charge on any atom is -0.497 e. The Morgan fingerprint density at radius 3 is 2.27 bits per heavy atom. The fourth-order valence-corrected chi connectivity index (χ4v) is 1.31. The third kappa shape index (κ3) is 3.53. The van der Waals surface area contributed by atoms with Gasteiger partial charge in [-0.2, -0.15) is 0 Å². The van der Waals surface area contributed by atoms with Crippen molar-refractivity contribution in [2.45, 2.75) is 6.54 Å². The van der Waals surface area contributed by atoms with E-state index in [0.717, 1.165) is 23.6 Å². The number of ether oxygens (including phenoxy) is 2. The molecule has 0 atom stereocenters. The lowest BCUT2D eigenvalue weighted by molar-refractivity contribution is -0.660. The predicted molar refractivity (Wildman–Crippen MR) is 58.9 cm³/mol. The summed E-state index contributed by atoms with van der Waals surface area (Å²) < 4.78 is 10.3. The van der Waals surface area contributed by atoms with Crippen LogP contribution in [0.25, 0.3) is 0 Å². The van der Waals surface area contributed by atoms with E-state index in [1.165, 1.54) is 0 Å². The lowest BCUT2D eigenvalue weighted by atomic mass is 10.2. The van der Waals surface area contributed by atoms with Gasteiger partial charge < -0.3 is 14.8 Å². The Morgan fingerprint density at radius 2 is 1.80 bits per heavy atom. The molecule has 0 spiro atoms. The van der Waals surface area contributed by atoms with E-state index >= 15 is 0 Å². The van der Waals surface area contributed by atoms with E-state index in [4.69, 9.17) is 15.9 Å². The van der Waals surface area contributed by atoms with Gasteiger partial charge in [0.2, 0.25) is 0 Å². The van der Waals surface area contributed by atoms with Crippen LogP contribution < -0.4 is 14.8 Å². The van der Waals surface area contributed by atoms with Crippen LogP contribution in [0.2, 0.25) is 0 Å². The third-order valence-electron chi connectivity index (χ3n) is 2.05. The van der Waals surface area contributed by atoms with Crippen LogP contribution in [0.4, 0.5) is 0 Å². The zero-order valence-electron chi connectivity index (χ0n) is 9.12. The van der Waals surface area contributed by atoms with E-state index in [9.17, 15) is 0 Å². The molecule has 1 aromatic carbocycles. The number of hydrogen-bond acceptors (Lipinski definition) is 2. The summed E-state index contributed by atoms with van der Waals surface area (Å²) in [6, 6.07) is 5.82. The number of hydrogen-bond donors (Lipinski definition) is 1. The number of rotatable bonds is 5. The minimum absolute atomic E-state index is 0.680. The average Bonchev–Trinajstić information content (AvgIpc) is 2.29. The fourth-order valence-electron chi connectivity index (χ4n) is 1.31. The van der Waals surface area contributed by atoms with Crippen LogP contribution in [0.1, 0.15) is 5.56 Å². The fraction of sp³-hybridized carbons (Fsp3) is 0.333. The van der Waals surface area contributed by atoms with Crippen LogP contribution in [0.5, 0.6) is 11.5 Å². The van der Waals surface area contributed by atoms with E-state index in [1.54, 1.807) is 14.2 Å². The highest BCUT2D eigenvalue weighted by atomic mass is 16.5. The molecule has 0 radical (unpaired) electrons.